The topological polar surface area (TPSA) is 81.7 Å². The number of para-hydroxylation sites is 2. The Morgan fingerprint density at radius 2 is 1.85 bits per heavy atom. The summed E-state index contributed by atoms with van der Waals surface area (Å²) in [6.45, 7) is 2.15. The molecule has 3 aromatic carbocycles. The molecule has 208 valence electrons. The first-order chi connectivity index (χ1) is 19.9. The molecule has 2 N–H and O–H groups in total. The summed E-state index contributed by atoms with van der Waals surface area (Å²) in [5.74, 6) is 0.592. The van der Waals surface area contributed by atoms with Crippen LogP contribution in [0.25, 0.3) is 21.5 Å². The van der Waals surface area contributed by atoms with Crippen molar-refractivity contribution in [2.45, 2.75) is 24.8 Å². The smallest absolute Gasteiger partial charge is 0.271 e. The highest BCUT2D eigenvalue weighted by Gasteiger charge is 2.38. The number of amides is 1. The number of rotatable bonds is 5. The summed E-state index contributed by atoms with van der Waals surface area (Å²) in [6, 6.07) is 20.9. The molecule has 7 rings (SSSR count). The van der Waals surface area contributed by atoms with Crippen LogP contribution in [-0.4, -0.2) is 57.6 Å². The second-order valence-electron chi connectivity index (χ2n) is 10.8. The minimum absolute atomic E-state index is 0.0747. The quantitative estimate of drug-likeness (QED) is 0.252. The van der Waals surface area contributed by atoms with Gasteiger partial charge < -0.3 is 19.7 Å². The van der Waals surface area contributed by atoms with Crippen molar-refractivity contribution in [3.8, 4) is 21.9 Å². The van der Waals surface area contributed by atoms with E-state index in [0.29, 0.717) is 27.9 Å². The van der Waals surface area contributed by atoms with E-state index < -0.39 is 11.9 Å². The summed E-state index contributed by atoms with van der Waals surface area (Å²) >= 11 is 1.37. The highest BCUT2D eigenvalue weighted by molar-refractivity contribution is 7.17. The minimum Gasteiger partial charge on any atom is -0.508 e. The lowest BCUT2D eigenvalue weighted by molar-refractivity contribution is 0.0430. The van der Waals surface area contributed by atoms with Crippen molar-refractivity contribution in [1.29, 1.82) is 0 Å². The van der Waals surface area contributed by atoms with Gasteiger partial charge in [0.05, 0.1) is 11.0 Å². The number of aromatic amines is 1. The van der Waals surface area contributed by atoms with E-state index in [0.717, 1.165) is 41.9 Å². The third-order valence-corrected chi connectivity index (χ3v) is 9.31. The van der Waals surface area contributed by atoms with Gasteiger partial charge in [0.15, 0.2) is 6.73 Å². The van der Waals surface area contributed by atoms with Gasteiger partial charge in [-0.25, -0.2) is 9.37 Å². The lowest BCUT2D eigenvalue weighted by Gasteiger charge is -2.33. The second-order valence-corrected chi connectivity index (χ2v) is 11.8. The first-order valence-corrected chi connectivity index (χ1v) is 14.6. The fourth-order valence-electron chi connectivity index (χ4n) is 5.86. The van der Waals surface area contributed by atoms with Gasteiger partial charge in [0.1, 0.15) is 34.1 Å². The summed E-state index contributed by atoms with van der Waals surface area (Å²) in [4.78, 5) is 27.2. The molecule has 1 unspecified atom stereocenters. The number of thiophene rings is 1. The number of carbonyl (C=O) groups is 1. The van der Waals surface area contributed by atoms with E-state index in [-0.39, 0.29) is 24.0 Å². The van der Waals surface area contributed by atoms with Crippen LogP contribution in [0, 0.1) is 5.82 Å². The SMILES string of the molecule is CN1CCC(c2ccc(-c3cc4c(s3)C(=O)N(C(c3nc5ccccc5[nH]3)c3cc(F)ccc3O)CO4)cc2)CC1. The average molecular weight is 569 g/mol. The van der Waals surface area contributed by atoms with E-state index in [9.17, 15) is 14.3 Å². The molecule has 1 atom stereocenters. The highest BCUT2D eigenvalue weighted by atomic mass is 32.1. The van der Waals surface area contributed by atoms with E-state index in [2.05, 4.69) is 41.2 Å². The molecular weight excluding hydrogens is 539 g/mol. The molecular formula is C32H29FN4O3S. The van der Waals surface area contributed by atoms with E-state index in [1.807, 2.05) is 30.3 Å². The Labute approximate surface area is 240 Å². The Hall–Kier alpha value is -4.21. The van der Waals surface area contributed by atoms with E-state index in [1.54, 1.807) is 0 Å². The van der Waals surface area contributed by atoms with Crippen LogP contribution < -0.4 is 4.74 Å². The van der Waals surface area contributed by atoms with Crippen LogP contribution >= 0.6 is 11.3 Å². The number of phenols is 1. The number of phenolic OH excluding ortho intramolecular Hbond substituents is 1. The molecule has 1 fully saturated rings. The van der Waals surface area contributed by atoms with E-state index in [4.69, 9.17) is 9.72 Å². The van der Waals surface area contributed by atoms with Gasteiger partial charge in [-0.2, -0.15) is 0 Å². The van der Waals surface area contributed by atoms with Crippen molar-refractivity contribution < 1.29 is 19.0 Å². The predicted octanol–water partition coefficient (Wildman–Crippen LogP) is 6.53. The fraction of sp³-hybridized carbons (Fsp3) is 0.250. The molecule has 1 amide bonds. The largest absolute Gasteiger partial charge is 0.508 e. The molecule has 41 heavy (non-hydrogen) atoms. The molecule has 0 aliphatic carbocycles. The van der Waals surface area contributed by atoms with Crippen molar-refractivity contribution in [3.63, 3.8) is 0 Å². The summed E-state index contributed by atoms with van der Waals surface area (Å²) < 4.78 is 20.5. The Balaban J connectivity index is 1.21. The number of ether oxygens (including phenoxy) is 1. The van der Waals surface area contributed by atoms with Crippen molar-refractivity contribution in [3.05, 3.63) is 100 Å². The minimum atomic E-state index is -0.891. The van der Waals surface area contributed by atoms with Crippen molar-refractivity contribution in [2.75, 3.05) is 26.9 Å². The van der Waals surface area contributed by atoms with Gasteiger partial charge in [0.2, 0.25) is 0 Å². The maximum atomic E-state index is 14.4. The number of H-pyrrole nitrogens is 1. The van der Waals surface area contributed by atoms with Gasteiger partial charge >= 0.3 is 0 Å². The number of halogens is 1. The molecule has 9 heteroatoms. The molecule has 2 aromatic heterocycles. The van der Waals surface area contributed by atoms with Crippen LogP contribution in [0.3, 0.4) is 0 Å². The number of benzene rings is 3. The molecule has 0 saturated carbocycles. The number of hydrogen-bond donors (Lipinski definition) is 2. The summed E-state index contributed by atoms with van der Waals surface area (Å²) in [5.41, 5.74) is 4.09. The highest BCUT2D eigenvalue weighted by Crippen LogP contribution is 2.43. The average Bonchev–Trinajstić information content (AvgIpc) is 3.62. The number of hydrogen-bond acceptors (Lipinski definition) is 6. The van der Waals surface area contributed by atoms with Crippen LogP contribution in [0.15, 0.2) is 72.8 Å². The number of aromatic nitrogens is 2. The molecule has 5 aromatic rings. The molecule has 0 spiro atoms. The lowest BCUT2D eigenvalue weighted by atomic mass is 9.89. The third kappa shape index (κ3) is 4.75. The standard InChI is InChI=1S/C32H29FN4O3S/c1-36-14-12-20(13-15-36)19-6-8-21(9-7-19)28-17-27-30(41-28)32(39)37(18-40-27)29(23-16-22(33)10-11-26(23)38)31-34-24-4-2-3-5-25(24)35-31/h2-11,16-17,20,29,38H,12-15,18H2,1H3,(H,34,35). The van der Waals surface area contributed by atoms with Crippen LogP contribution in [0.5, 0.6) is 11.5 Å². The number of carbonyl (C=O) groups excluding carboxylic acids is 1. The van der Waals surface area contributed by atoms with Gasteiger partial charge in [-0.1, -0.05) is 36.4 Å². The number of nitrogens with zero attached hydrogens (tertiary/aromatic N) is 3. The second kappa shape index (κ2) is 10.3. The van der Waals surface area contributed by atoms with Crippen LogP contribution in [0.4, 0.5) is 4.39 Å². The number of fused-ring (bicyclic) bond motifs is 2. The molecule has 4 heterocycles. The van der Waals surface area contributed by atoms with Crippen molar-refractivity contribution >= 4 is 28.3 Å². The number of piperidine rings is 1. The summed E-state index contributed by atoms with van der Waals surface area (Å²) in [5, 5.41) is 10.7. The van der Waals surface area contributed by atoms with Crippen molar-refractivity contribution in [2.24, 2.45) is 0 Å². The molecule has 0 bridgehead atoms. The molecule has 1 saturated heterocycles. The monoisotopic (exact) mass is 568 g/mol. The predicted molar refractivity (Wildman–Crippen MR) is 157 cm³/mol. The molecule has 2 aliphatic heterocycles. The summed E-state index contributed by atoms with van der Waals surface area (Å²) in [7, 11) is 2.17. The normalized spacial score (nSPS) is 17.0. The van der Waals surface area contributed by atoms with Crippen LogP contribution in [0.2, 0.25) is 0 Å². The number of imidazole rings is 1. The van der Waals surface area contributed by atoms with Gasteiger partial charge in [-0.15, -0.1) is 11.3 Å². The maximum Gasteiger partial charge on any atom is 0.271 e. The van der Waals surface area contributed by atoms with Gasteiger partial charge in [-0.3, -0.25) is 9.69 Å². The maximum absolute atomic E-state index is 14.4. The van der Waals surface area contributed by atoms with Gasteiger partial charge in [-0.05, 0) is 86.4 Å². The van der Waals surface area contributed by atoms with Gasteiger partial charge in [0.25, 0.3) is 5.91 Å². The molecule has 7 nitrogen and oxygen atoms in total. The number of aromatic hydroxyl groups is 1. The molecule has 2 aliphatic rings. The Morgan fingerprint density at radius 1 is 1.07 bits per heavy atom. The Bertz CT molecular complexity index is 1710. The zero-order chi connectivity index (χ0) is 28.1. The lowest BCUT2D eigenvalue weighted by Crippen LogP contribution is -2.41. The summed E-state index contributed by atoms with van der Waals surface area (Å²) in [6.07, 6.45) is 2.32. The van der Waals surface area contributed by atoms with Gasteiger partial charge in [0, 0.05) is 10.4 Å². The first-order valence-electron chi connectivity index (χ1n) is 13.7. The van der Waals surface area contributed by atoms with E-state index >= 15 is 0 Å². The fourth-order valence-corrected chi connectivity index (χ4v) is 6.93. The van der Waals surface area contributed by atoms with Crippen LogP contribution in [-0.2, 0) is 0 Å². The van der Waals surface area contributed by atoms with Crippen molar-refractivity contribution in [1.82, 2.24) is 19.8 Å². The van der Waals surface area contributed by atoms with E-state index in [1.165, 1.54) is 40.0 Å². The zero-order valence-corrected chi connectivity index (χ0v) is 23.3. The third-order valence-electron chi connectivity index (χ3n) is 8.16. The Morgan fingerprint density at radius 3 is 2.63 bits per heavy atom. The zero-order valence-electron chi connectivity index (χ0n) is 22.5. The first kappa shape index (κ1) is 25.7. The molecule has 0 radical (unpaired) electrons. The Kier molecular flexibility index (Phi) is 6.48. The number of likely N-dealkylation sites (tertiary alicyclic amines) is 1. The number of nitrogens with one attached hydrogen (secondary N) is 1. The van der Waals surface area contributed by atoms with Crippen LogP contribution in [0.1, 0.15) is 51.4 Å².